The molecule has 1 amide bonds. The van der Waals surface area contributed by atoms with Crippen LogP contribution in [0.15, 0.2) is 60.7 Å². The van der Waals surface area contributed by atoms with Crippen molar-refractivity contribution < 1.29 is 28.8 Å². The highest BCUT2D eigenvalue weighted by Crippen LogP contribution is 2.42. The second-order valence-corrected chi connectivity index (χ2v) is 12.6. The second kappa shape index (κ2) is 13.7. The molecule has 3 heterocycles. The number of piperidine rings is 2. The van der Waals surface area contributed by atoms with E-state index in [1.54, 1.807) is 19.2 Å². The van der Waals surface area contributed by atoms with Gasteiger partial charge in [0.15, 0.2) is 0 Å². The molecule has 6 rings (SSSR count). The Balaban J connectivity index is 1.06. The van der Waals surface area contributed by atoms with Crippen LogP contribution in [0.2, 0.25) is 5.02 Å². The summed E-state index contributed by atoms with van der Waals surface area (Å²) in [6.45, 7) is 4.06. The first-order valence-electron chi connectivity index (χ1n) is 15.6. The minimum atomic E-state index is -0.716. The fourth-order valence-corrected chi connectivity index (χ4v) is 6.60. The number of likely N-dealkylation sites (tertiary alicyclic amines) is 2. The van der Waals surface area contributed by atoms with E-state index in [4.69, 9.17) is 30.5 Å². The molecule has 44 heavy (non-hydrogen) atoms. The number of β-amino-alcohol motifs (C(OH)–C–C–N with tert-alkyl or cyclic N) is 1. The van der Waals surface area contributed by atoms with Gasteiger partial charge in [0.05, 0.1) is 12.7 Å². The van der Waals surface area contributed by atoms with Crippen molar-refractivity contribution in [3.05, 3.63) is 82.4 Å². The van der Waals surface area contributed by atoms with Gasteiger partial charge in [0.25, 0.3) is 5.91 Å². The smallest absolute Gasteiger partial charge is 0.257 e. The Morgan fingerprint density at radius 3 is 2.45 bits per heavy atom. The summed E-state index contributed by atoms with van der Waals surface area (Å²) >= 11 is 6.20. The third kappa shape index (κ3) is 7.25. The van der Waals surface area contributed by atoms with Crippen molar-refractivity contribution in [2.75, 3.05) is 46.4 Å². The molecule has 2 saturated heterocycles. The van der Waals surface area contributed by atoms with Gasteiger partial charge in [0.2, 0.25) is 0 Å². The van der Waals surface area contributed by atoms with Gasteiger partial charge in [0, 0.05) is 63.1 Å². The number of aliphatic hydroxyl groups is 1. The molecule has 0 saturated carbocycles. The summed E-state index contributed by atoms with van der Waals surface area (Å²) in [7, 11) is 1.64. The highest BCUT2D eigenvalue weighted by atomic mass is 35.5. The summed E-state index contributed by atoms with van der Waals surface area (Å²) in [4.78, 5) is 17.6. The van der Waals surface area contributed by atoms with Crippen molar-refractivity contribution in [1.29, 1.82) is 0 Å². The summed E-state index contributed by atoms with van der Waals surface area (Å²) < 4.78 is 23.8. The predicted molar refractivity (Wildman–Crippen MR) is 169 cm³/mol. The monoisotopic (exact) mass is 620 g/mol. The summed E-state index contributed by atoms with van der Waals surface area (Å²) in [5.41, 5.74) is 2.47. The highest BCUT2D eigenvalue weighted by molar-refractivity contribution is 6.30. The third-order valence-corrected chi connectivity index (χ3v) is 9.16. The molecule has 234 valence electrons. The number of hydrogen-bond donors (Lipinski definition) is 1. The number of ether oxygens (including phenoxy) is 4. The summed E-state index contributed by atoms with van der Waals surface area (Å²) in [6, 6.07) is 18.9. The average molecular weight is 621 g/mol. The maximum Gasteiger partial charge on any atom is 0.257 e. The van der Waals surface area contributed by atoms with E-state index in [0.29, 0.717) is 30.2 Å². The first-order valence-corrected chi connectivity index (χ1v) is 16.0. The van der Waals surface area contributed by atoms with Crippen LogP contribution in [0.4, 0.5) is 0 Å². The van der Waals surface area contributed by atoms with E-state index in [1.807, 2.05) is 53.4 Å². The fourth-order valence-electron chi connectivity index (χ4n) is 6.41. The lowest BCUT2D eigenvalue weighted by Gasteiger charge is -2.39. The number of amides is 1. The summed E-state index contributed by atoms with van der Waals surface area (Å²) in [5.74, 6) is 2.70. The minimum Gasteiger partial charge on any atom is -0.497 e. The van der Waals surface area contributed by atoms with Crippen molar-refractivity contribution in [2.45, 2.75) is 56.8 Å². The Morgan fingerprint density at radius 1 is 0.955 bits per heavy atom. The number of nitrogens with zero attached hydrogens (tertiary/aromatic N) is 2. The van der Waals surface area contributed by atoms with Gasteiger partial charge in [0.1, 0.15) is 47.9 Å². The summed E-state index contributed by atoms with van der Waals surface area (Å²) in [5, 5.41) is 11.7. The molecule has 0 unspecified atom stereocenters. The number of hydrogen-bond acceptors (Lipinski definition) is 7. The molecule has 0 aliphatic carbocycles. The van der Waals surface area contributed by atoms with Crippen LogP contribution in [0.3, 0.4) is 0 Å². The molecule has 1 N–H and O–H groups in total. The Labute approximate surface area is 264 Å². The van der Waals surface area contributed by atoms with Crippen molar-refractivity contribution in [1.82, 2.24) is 9.80 Å². The standard InChI is InChI=1S/C35H41ClN2O6/c1-41-29-8-5-25(6-9-29)23-42-30-10-11-31(34(40)38-15-3-2-4-16-38)33(20-30)43-24-28(39)22-37-17-13-35(14-18-37)21-26-19-27(36)7-12-32(26)44-35/h5-12,19-20,28,39H,2-4,13-18,21-24H2,1H3/t28-/m0/s1. The maximum atomic E-state index is 13.5. The van der Waals surface area contributed by atoms with Gasteiger partial charge >= 0.3 is 0 Å². The lowest BCUT2D eigenvalue weighted by molar-refractivity contribution is -0.00203. The Hall–Kier alpha value is -3.46. The molecule has 3 aliphatic heterocycles. The average Bonchev–Trinajstić information content (AvgIpc) is 3.41. The number of fused-ring (bicyclic) bond motifs is 1. The van der Waals surface area contributed by atoms with Crippen molar-refractivity contribution in [3.8, 4) is 23.0 Å². The van der Waals surface area contributed by atoms with Crippen LogP contribution in [-0.4, -0.2) is 79.0 Å². The van der Waals surface area contributed by atoms with Crippen molar-refractivity contribution in [3.63, 3.8) is 0 Å². The van der Waals surface area contributed by atoms with Gasteiger partial charge in [-0.05, 0) is 72.9 Å². The molecule has 1 spiro atoms. The molecule has 2 fully saturated rings. The summed E-state index contributed by atoms with van der Waals surface area (Å²) in [6.07, 6.45) is 5.07. The van der Waals surface area contributed by atoms with Gasteiger partial charge in [-0.25, -0.2) is 0 Å². The number of benzene rings is 3. The van der Waals surface area contributed by atoms with Crippen LogP contribution in [-0.2, 0) is 13.0 Å². The van der Waals surface area contributed by atoms with E-state index in [2.05, 4.69) is 4.90 Å². The third-order valence-electron chi connectivity index (χ3n) is 8.92. The molecule has 1 atom stereocenters. The van der Waals surface area contributed by atoms with Gasteiger partial charge in [-0.1, -0.05) is 23.7 Å². The van der Waals surface area contributed by atoms with E-state index < -0.39 is 6.10 Å². The van der Waals surface area contributed by atoms with Crippen LogP contribution >= 0.6 is 11.6 Å². The first-order chi connectivity index (χ1) is 21.4. The van der Waals surface area contributed by atoms with Crippen molar-refractivity contribution in [2.24, 2.45) is 0 Å². The molecule has 3 aliphatic rings. The molecule has 0 radical (unpaired) electrons. The lowest BCUT2D eigenvalue weighted by Crippen LogP contribution is -2.49. The number of halogens is 1. The minimum absolute atomic E-state index is 0.0453. The quantitative estimate of drug-likeness (QED) is 0.309. The number of carbonyl (C=O) groups is 1. The van der Waals surface area contributed by atoms with E-state index in [0.717, 1.165) is 86.8 Å². The van der Waals surface area contributed by atoms with Gasteiger partial charge in [-0.2, -0.15) is 0 Å². The number of rotatable bonds is 10. The normalized spacial score (nSPS) is 18.4. The van der Waals surface area contributed by atoms with Crippen LogP contribution < -0.4 is 18.9 Å². The largest absolute Gasteiger partial charge is 0.497 e. The zero-order chi connectivity index (χ0) is 30.5. The molecule has 3 aromatic rings. The van der Waals surface area contributed by atoms with Crippen LogP contribution in [0.25, 0.3) is 0 Å². The molecule has 9 heteroatoms. The number of carbonyl (C=O) groups excluding carboxylic acids is 1. The molecule has 8 nitrogen and oxygen atoms in total. The Morgan fingerprint density at radius 2 is 1.70 bits per heavy atom. The molecule has 0 aromatic heterocycles. The SMILES string of the molecule is COc1ccc(COc2ccc(C(=O)N3CCCCC3)c(OC[C@@H](O)CN3CCC4(CC3)Cc3cc(Cl)ccc3O4)c2)cc1. The molecular formula is C35H41ClN2O6. The number of methoxy groups -OCH3 is 1. The van der Waals surface area contributed by atoms with Crippen LogP contribution in [0.1, 0.15) is 53.6 Å². The second-order valence-electron chi connectivity index (χ2n) is 12.1. The van der Waals surface area contributed by atoms with Crippen LogP contribution in [0, 0.1) is 0 Å². The van der Waals surface area contributed by atoms with E-state index >= 15 is 0 Å². The molecule has 0 bridgehead atoms. The maximum absolute atomic E-state index is 13.5. The van der Waals surface area contributed by atoms with Crippen LogP contribution in [0.5, 0.6) is 23.0 Å². The van der Waals surface area contributed by atoms with Crippen molar-refractivity contribution >= 4 is 17.5 Å². The Bertz CT molecular complexity index is 1430. The van der Waals surface area contributed by atoms with Gasteiger partial charge < -0.3 is 33.9 Å². The highest BCUT2D eigenvalue weighted by Gasteiger charge is 2.42. The van der Waals surface area contributed by atoms with Gasteiger partial charge in [-0.15, -0.1) is 0 Å². The van der Waals surface area contributed by atoms with E-state index in [9.17, 15) is 9.90 Å². The topological polar surface area (TPSA) is 80.7 Å². The fraction of sp³-hybridized carbons (Fsp3) is 0.457. The zero-order valence-corrected chi connectivity index (χ0v) is 26.1. The Kier molecular flexibility index (Phi) is 9.50. The van der Waals surface area contributed by atoms with E-state index in [1.165, 1.54) is 5.56 Å². The predicted octanol–water partition coefficient (Wildman–Crippen LogP) is 5.76. The van der Waals surface area contributed by atoms with E-state index in [-0.39, 0.29) is 18.1 Å². The molecular weight excluding hydrogens is 580 g/mol. The zero-order valence-electron chi connectivity index (χ0n) is 25.3. The lowest BCUT2D eigenvalue weighted by atomic mass is 9.87. The number of aliphatic hydroxyl groups excluding tert-OH is 1. The first kappa shape index (κ1) is 30.6. The van der Waals surface area contributed by atoms with Gasteiger partial charge in [-0.3, -0.25) is 4.79 Å². The molecule has 3 aromatic carbocycles.